The normalized spacial score (nSPS) is 11.7. The molecule has 0 fully saturated rings. The molecule has 0 aliphatic rings. The van der Waals surface area contributed by atoms with E-state index in [9.17, 15) is 20.1 Å². The van der Waals surface area contributed by atoms with Gasteiger partial charge in [-0.05, 0) is 47.0 Å². The van der Waals surface area contributed by atoms with Gasteiger partial charge in [-0.15, -0.1) is 0 Å². The summed E-state index contributed by atoms with van der Waals surface area (Å²) in [5.74, 6) is -0.363. The summed E-state index contributed by atoms with van der Waals surface area (Å²) in [4.78, 5) is 12.2. The summed E-state index contributed by atoms with van der Waals surface area (Å²) in [7, 11) is 0. The third-order valence-electron chi connectivity index (χ3n) is 3.95. The number of aliphatic hydroxyl groups is 1. The Labute approximate surface area is 140 Å². The molecule has 24 heavy (non-hydrogen) atoms. The van der Waals surface area contributed by atoms with Gasteiger partial charge in [-0.25, -0.2) is 0 Å². The van der Waals surface area contributed by atoms with Gasteiger partial charge in [0.05, 0.1) is 11.9 Å². The highest BCUT2D eigenvalue weighted by atomic mass is 16.3. The molecule has 0 amide bonds. The molecule has 5 heteroatoms. The molecule has 0 aliphatic heterocycles. The first kappa shape index (κ1) is 18.1. The largest absolute Gasteiger partial charge is 0.507 e. The monoisotopic (exact) mass is 332 g/mol. The number of phenolic OH excluding ortho intramolecular Hbond substituents is 2. The number of aromatic hydroxyl groups is 2. The summed E-state index contributed by atoms with van der Waals surface area (Å²) in [5, 5.41) is 31.1. The second kappa shape index (κ2) is 6.69. The van der Waals surface area contributed by atoms with E-state index in [0.29, 0.717) is 18.4 Å². The van der Waals surface area contributed by atoms with Gasteiger partial charge in [0.2, 0.25) is 0 Å². The highest BCUT2D eigenvalue weighted by Crippen LogP contribution is 2.40. The maximum absolute atomic E-state index is 12.2. The van der Waals surface area contributed by atoms with E-state index in [1.165, 1.54) is 12.3 Å². The van der Waals surface area contributed by atoms with Crippen molar-refractivity contribution in [1.82, 2.24) is 0 Å². The fourth-order valence-electron chi connectivity index (χ4n) is 2.58. The van der Waals surface area contributed by atoms with E-state index < -0.39 is 5.60 Å². The molecule has 0 saturated heterocycles. The number of hydrogen-bond donors (Lipinski definition) is 3. The molecule has 3 N–H and O–H groups in total. The van der Waals surface area contributed by atoms with Crippen molar-refractivity contribution in [3.63, 3.8) is 0 Å². The summed E-state index contributed by atoms with van der Waals surface area (Å²) in [6.07, 6.45) is 4.13. The van der Waals surface area contributed by atoms with Gasteiger partial charge in [-0.3, -0.25) is 4.79 Å². The first-order valence-electron chi connectivity index (χ1n) is 7.94. The lowest BCUT2D eigenvalue weighted by molar-refractivity contribution is 0.0711. The number of phenols is 2. The molecule has 2 rings (SSSR count). The molecule has 0 unspecified atom stereocenters. The van der Waals surface area contributed by atoms with Crippen LogP contribution >= 0.6 is 0 Å². The number of hydrogen-bond acceptors (Lipinski definition) is 5. The molecule has 0 bridgehead atoms. The predicted octanol–water partition coefficient (Wildman–Crippen LogP) is 3.42. The van der Waals surface area contributed by atoms with E-state index in [1.54, 1.807) is 13.8 Å². The van der Waals surface area contributed by atoms with Crippen LogP contribution in [0, 0.1) is 0 Å². The Balaban J connectivity index is 2.71. The van der Waals surface area contributed by atoms with E-state index in [4.69, 9.17) is 4.42 Å². The van der Waals surface area contributed by atoms with E-state index in [-0.39, 0.29) is 39.9 Å². The summed E-state index contributed by atoms with van der Waals surface area (Å²) < 4.78 is 5.42. The Morgan fingerprint density at radius 2 is 1.88 bits per heavy atom. The Kier molecular flexibility index (Phi) is 5.04. The number of rotatable bonds is 5. The molecule has 1 heterocycles. The number of fused-ring (bicyclic) bond motifs is 1. The van der Waals surface area contributed by atoms with Crippen LogP contribution in [0.3, 0.4) is 0 Å². The molecule has 0 atom stereocenters. The van der Waals surface area contributed by atoms with Gasteiger partial charge in [0.25, 0.3) is 0 Å². The number of allylic oxidation sites excluding steroid dienone is 2. The predicted molar refractivity (Wildman–Crippen MR) is 93.6 cm³/mol. The summed E-state index contributed by atoms with van der Waals surface area (Å²) >= 11 is 0. The third-order valence-corrected chi connectivity index (χ3v) is 3.95. The Hall–Kier alpha value is -2.27. The van der Waals surface area contributed by atoms with Crippen LogP contribution in [-0.4, -0.2) is 20.9 Å². The molecular weight excluding hydrogens is 308 g/mol. The van der Waals surface area contributed by atoms with Crippen LogP contribution in [0.1, 0.15) is 45.2 Å². The van der Waals surface area contributed by atoms with Crippen molar-refractivity contribution in [2.75, 3.05) is 0 Å². The van der Waals surface area contributed by atoms with Crippen molar-refractivity contribution in [1.29, 1.82) is 0 Å². The van der Waals surface area contributed by atoms with Crippen molar-refractivity contribution < 1.29 is 19.7 Å². The molecule has 0 radical (unpaired) electrons. The zero-order valence-corrected chi connectivity index (χ0v) is 14.5. The minimum absolute atomic E-state index is 0.0678. The van der Waals surface area contributed by atoms with Crippen LogP contribution in [0.15, 0.2) is 33.2 Å². The minimum atomic E-state index is -0.949. The van der Waals surface area contributed by atoms with E-state index >= 15 is 0 Å². The lowest BCUT2D eigenvalue weighted by Gasteiger charge is -2.19. The average molecular weight is 332 g/mol. The summed E-state index contributed by atoms with van der Waals surface area (Å²) in [6, 6.07) is 1.24. The van der Waals surface area contributed by atoms with Crippen molar-refractivity contribution in [3.05, 3.63) is 45.3 Å². The van der Waals surface area contributed by atoms with Crippen LogP contribution in [-0.2, 0) is 12.8 Å². The van der Waals surface area contributed by atoms with Crippen molar-refractivity contribution >= 4 is 11.0 Å². The topological polar surface area (TPSA) is 90.9 Å². The maximum atomic E-state index is 12.2. The zero-order valence-electron chi connectivity index (χ0n) is 14.5. The van der Waals surface area contributed by atoms with Gasteiger partial charge in [0.15, 0.2) is 5.43 Å². The standard InChI is InChI=1S/C19H24O5/c1-11(2)5-6-13-16(21)12(7-9-19(3,4)23)17(22)15-14(20)8-10-24-18(13)15/h5,8,10,21-23H,6-7,9H2,1-4H3. The molecule has 5 nitrogen and oxygen atoms in total. The van der Waals surface area contributed by atoms with E-state index in [2.05, 4.69) is 0 Å². The molecular formula is C19H24O5. The third kappa shape index (κ3) is 3.79. The Morgan fingerprint density at radius 1 is 1.21 bits per heavy atom. The van der Waals surface area contributed by atoms with Gasteiger partial charge >= 0.3 is 0 Å². The fraction of sp³-hybridized carbons (Fsp3) is 0.421. The van der Waals surface area contributed by atoms with Crippen LogP contribution < -0.4 is 5.43 Å². The van der Waals surface area contributed by atoms with Crippen molar-refractivity contribution in [2.45, 2.75) is 52.6 Å². The second-order valence-corrected chi connectivity index (χ2v) is 6.94. The van der Waals surface area contributed by atoms with Gasteiger partial charge < -0.3 is 19.7 Å². The molecule has 2 aromatic rings. The molecule has 130 valence electrons. The highest BCUT2D eigenvalue weighted by molar-refractivity contribution is 5.90. The first-order chi connectivity index (χ1) is 11.1. The molecule has 1 aromatic heterocycles. The fourth-order valence-corrected chi connectivity index (χ4v) is 2.58. The van der Waals surface area contributed by atoms with Crippen LogP contribution in [0.25, 0.3) is 11.0 Å². The van der Waals surface area contributed by atoms with E-state index in [0.717, 1.165) is 5.57 Å². The molecule has 0 saturated carbocycles. The van der Waals surface area contributed by atoms with Crippen LogP contribution in [0.4, 0.5) is 0 Å². The lowest BCUT2D eigenvalue weighted by Crippen LogP contribution is -2.19. The minimum Gasteiger partial charge on any atom is -0.507 e. The second-order valence-electron chi connectivity index (χ2n) is 6.94. The smallest absolute Gasteiger partial charge is 0.196 e. The maximum Gasteiger partial charge on any atom is 0.196 e. The van der Waals surface area contributed by atoms with Gasteiger partial charge in [-0.2, -0.15) is 0 Å². The Morgan fingerprint density at radius 3 is 2.46 bits per heavy atom. The van der Waals surface area contributed by atoms with Gasteiger partial charge in [-0.1, -0.05) is 11.6 Å². The Bertz CT molecular complexity index is 833. The quantitative estimate of drug-likeness (QED) is 0.730. The lowest BCUT2D eigenvalue weighted by atomic mass is 9.93. The van der Waals surface area contributed by atoms with Crippen molar-refractivity contribution in [2.24, 2.45) is 0 Å². The molecule has 0 spiro atoms. The van der Waals surface area contributed by atoms with Crippen molar-refractivity contribution in [3.8, 4) is 11.5 Å². The highest BCUT2D eigenvalue weighted by Gasteiger charge is 2.23. The summed E-state index contributed by atoms with van der Waals surface area (Å²) in [6.45, 7) is 7.18. The molecule has 1 aromatic carbocycles. The van der Waals surface area contributed by atoms with Gasteiger partial charge in [0, 0.05) is 17.2 Å². The van der Waals surface area contributed by atoms with E-state index in [1.807, 2.05) is 19.9 Å². The summed E-state index contributed by atoms with van der Waals surface area (Å²) in [5.41, 5.74) is 0.674. The number of benzene rings is 1. The average Bonchev–Trinajstić information content (AvgIpc) is 2.45. The van der Waals surface area contributed by atoms with Crippen LogP contribution in [0.2, 0.25) is 0 Å². The first-order valence-corrected chi connectivity index (χ1v) is 7.94. The molecule has 0 aliphatic carbocycles. The SMILES string of the molecule is CC(C)=CCc1c(O)c(CCC(C)(C)O)c(O)c2c(=O)ccoc12. The van der Waals surface area contributed by atoms with Gasteiger partial charge in [0.1, 0.15) is 22.5 Å². The van der Waals surface area contributed by atoms with Crippen LogP contribution in [0.5, 0.6) is 11.5 Å². The zero-order chi connectivity index (χ0) is 18.1.